The quantitative estimate of drug-likeness (QED) is 0.0385. The molecule has 1 saturated heterocycles. The number of rotatable bonds is 17. The van der Waals surface area contributed by atoms with Crippen LogP contribution in [0.5, 0.6) is 0 Å². The van der Waals surface area contributed by atoms with Gasteiger partial charge in [-0.3, -0.25) is 19.2 Å². The molecule has 0 spiro atoms. The molecule has 1 heterocycles. The molecule has 0 bridgehead atoms. The maximum Gasteiger partial charge on any atom is 1.00 e. The number of fused-ring (bicyclic) bond motifs is 1. The van der Waals surface area contributed by atoms with Crippen LogP contribution in [-0.2, 0) is 38.2 Å². The Balaban J connectivity index is 0.0000128. The van der Waals surface area contributed by atoms with Crippen LogP contribution >= 0.6 is 0 Å². The van der Waals surface area contributed by atoms with E-state index in [-0.39, 0.29) is 60.3 Å². The van der Waals surface area contributed by atoms with Crippen molar-refractivity contribution in [3.05, 3.63) is 100 Å². The normalized spacial score (nSPS) is 28.6. The number of Topliss-reactive ketones (excluding diaryl/α,β-unsaturated/α-hetero) is 1. The van der Waals surface area contributed by atoms with Gasteiger partial charge in [0.05, 0.1) is 24.0 Å². The van der Waals surface area contributed by atoms with Gasteiger partial charge in [0.1, 0.15) is 17.8 Å². The Morgan fingerprint density at radius 1 is 0.754 bits per heavy atom. The standard InChI is InChI=1S/C48H64O12.Na/c1-31(18-14-19-33(3)22-23-39-43(6,7)24-36(58-35(5)49)26-45(39,10)56)16-12-13-17-32(2)20-15-21-34(4)38(50)28-48-44(8,9)25-37(27-46(48,11)60-48)59-41(53)30-47(57,42(54)55)29-40(51)52;/h12-22,36-37,56-57H,24-30H2,1-11H3,(H,51,52)(H,54,55);/q;+1/b13-12+,18-14+,20-15+,31-16+,32-17+,33-19+,34-21+;/t23?,36?,37?,45-,46?,47?,48?;/m1./s1. The number of carboxylic acids is 2. The summed E-state index contributed by atoms with van der Waals surface area (Å²) in [5, 5.41) is 39.7. The topological polar surface area (TPSA) is 197 Å². The van der Waals surface area contributed by atoms with Gasteiger partial charge < -0.3 is 34.6 Å². The van der Waals surface area contributed by atoms with E-state index in [2.05, 4.69) is 5.73 Å². The maximum absolute atomic E-state index is 13.4. The second-order valence-corrected chi connectivity index (χ2v) is 18.4. The molecule has 3 fully saturated rings. The van der Waals surface area contributed by atoms with Crippen molar-refractivity contribution in [2.24, 2.45) is 10.8 Å². The summed E-state index contributed by atoms with van der Waals surface area (Å²) in [5.41, 5.74) is 1.12. The van der Waals surface area contributed by atoms with E-state index in [1.807, 2.05) is 116 Å². The van der Waals surface area contributed by atoms with Crippen LogP contribution in [0.1, 0.15) is 121 Å². The van der Waals surface area contributed by atoms with Gasteiger partial charge in [0, 0.05) is 37.2 Å². The van der Waals surface area contributed by atoms with Crippen molar-refractivity contribution in [1.82, 2.24) is 0 Å². The number of aliphatic carboxylic acids is 2. The molecule has 0 radical (unpaired) electrons. The van der Waals surface area contributed by atoms with E-state index in [4.69, 9.17) is 19.3 Å². The molecule has 2 aliphatic carbocycles. The van der Waals surface area contributed by atoms with Gasteiger partial charge in [0.25, 0.3) is 0 Å². The Labute approximate surface area is 382 Å². The fraction of sp³-hybridized carbons (Fsp3) is 0.542. The summed E-state index contributed by atoms with van der Waals surface area (Å²) in [6.45, 7) is 20.5. The summed E-state index contributed by atoms with van der Waals surface area (Å²) < 4.78 is 17.2. The van der Waals surface area contributed by atoms with Crippen LogP contribution in [0.4, 0.5) is 0 Å². The van der Waals surface area contributed by atoms with Gasteiger partial charge in [-0.15, -0.1) is 5.73 Å². The summed E-state index contributed by atoms with van der Waals surface area (Å²) in [6, 6.07) is 0. The molecule has 12 nitrogen and oxygen atoms in total. The number of hydrogen-bond donors (Lipinski definition) is 4. The molecule has 0 aromatic rings. The van der Waals surface area contributed by atoms with Crippen molar-refractivity contribution >= 4 is 29.7 Å². The zero-order valence-corrected chi connectivity index (χ0v) is 40.0. The molecule has 0 aromatic heterocycles. The zero-order chi connectivity index (χ0) is 45.5. The van der Waals surface area contributed by atoms with Crippen LogP contribution in [-0.4, -0.2) is 84.7 Å². The molecule has 3 rings (SSSR count). The number of allylic oxidation sites excluding steroid dienone is 14. The molecule has 0 aromatic carbocycles. The van der Waals surface area contributed by atoms with Crippen LogP contribution in [0.3, 0.4) is 0 Å². The van der Waals surface area contributed by atoms with Crippen molar-refractivity contribution in [2.75, 3.05) is 0 Å². The SMILES string of the molecule is CC(=O)OC1CC(C)(C)C(=C=C/C(C)=C/C=C/C(C)=C/C=C/C=C(C)/C=C/C=C(\C)C(=O)CC23OC2(C)CC(OC(=O)CC(O)(CC(=O)O)C(=O)O)CC3(C)C)[C@](C)(O)C1.[Na+]. The Kier molecular flexibility index (Phi) is 18.3. The third-order valence-electron chi connectivity index (χ3n) is 11.7. The molecule has 328 valence electrons. The number of esters is 2. The Hall–Kier alpha value is -3.87. The number of ketones is 1. The number of ether oxygens (including phenoxy) is 3. The van der Waals surface area contributed by atoms with E-state index in [1.165, 1.54) is 6.92 Å². The summed E-state index contributed by atoms with van der Waals surface area (Å²) in [5.74, 6) is -4.86. The largest absolute Gasteiger partial charge is 1.00 e. The van der Waals surface area contributed by atoms with Crippen LogP contribution in [0, 0.1) is 10.8 Å². The van der Waals surface area contributed by atoms with E-state index in [1.54, 1.807) is 19.9 Å². The Bertz CT molecular complexity index is 1980. The van der Waals surface area contributed by atoms with Crippen molar-refractivity contribution < 1.29 is 88.2 Å². The molecule has 3 aliphatic rings. The summed E-state index contributed by atoms with van der Waals surface area (Å²) in [4.78, 5) is 60.1. The summed E-state index contributed by atoms with van der Waals surface area (Å²) >= 11 is 0. The number of hydrogen-bond acceptors (Lipinski definition) is 10. The fourth-order valence-electron chi connectivity index (χ4n) is 8.74. The average Bonchev–Trinajstić information content (AvgIpc) is 3.69. The molecule has 0 amide bonds. The van der Waals surface area contributed by atoms with Gasteiger partial charge in [-0.2, -0.15) is 0 Å². The molecular formula is C48H64NaO12+. The second kappa shape index (κ2) is 21.0. The van der Waals surface area contributed by atoms with Crippen LogP contribution < -0.4 is 29.6 Å². The van der Waals surface area contributed by atoms with E-state index in [0.29, 0.717) is 24.8 Å². The van der Waals surface area contributed by atoms with E-state index in [0.717, 1.165) is 22.3 Å². The molecule has 61 heavy (non-hydrogen) atoms. The molecule has 4 N–H and O–H groups in total. The first-order valence-electron chi connectivity index (χ1n) is 20.3. The monoisotopic (exact) mass is 855 g/mol. The van der Waals surface area contributed by atoms with Gasteiger partial charge in [0.15, 0.2) is 11.4 Å². The van der Waals surface area contributed by atoms with Crippen LogP contribution in [0.25, 0.3) is 0 Å². The van der Waals surface area contributed by atoms with Crippen molar-refractivity contribution in [3.8, 4) is 0 Å². The van der Waals surface area contributed by atoms with Gasteiger partial charge in [-0.1, -0.05) is 99.6 Å². The molecular weight excluding hydrogens is 792 g/mol. The summed E-state index contributed by atoms with van der Waals surface area (Å²) in [6.07, 6.45) is 19.5. The molecule has 5 unspecified atom stereocenters. The number of carboxylic acid groups (broad SMARTS) is 2. The van der Waals surface area contributed by atoms with Gasteiger partial charge in [0.2, 0.25) is 0 Å². The van der Waals surface area contributed by atoms with E-state index >= 15 is 0 Å². The third-order valence-corrected chi connectivity index (χ3v) is 11.7. The predicted molar refractivity (Wildman–Crippen MR) is 227 cm³/mol. The second-order valence-electron chi connectivity index (χ2n) is 18.4. The van der Waals surface area contributed by atoms with Crippen LogP contribution in [0.2, 0.25) is 0 Å². The predicted octanol–water partition coefficient (Wildman–Crippen LogP) is 4.93. The van der Waals surface area contributed by atoms with Crippen molar-refractivity contribution in [3.63, 3.8) is 0 Å². The minimum atomic E-state index is -2.79. The first-order valence-corrected chi connectivity index (χ1v) is 20.3. The molecule has 1 aliphatic heterocycles. The van der Waals surface area contributed by atoms with E-state index in [9.17, 15) is 39.3 Å². The number of carbonyl (C=O) groups excluding carboxylic acids is 3. The van der Waals surface area contributed by atoms with Gasteiger partial charge >= 0.3 is 53.4 Å². The number of epoxide rings is 1. The van der Waals surface area contributed by atoms with Crippen molar-refractivity contribution in [1.29, 1.82) is 0 Å². The fourth-order valence-corrected chi connectivity index (χ4v) is 8.74. The number of carbonyl (C=O) groups is 5. The first kappa shape index (κ1) is 53.3. The zero-order valence-electron chi connectivity index (χ0n) is 38.0. The van der Waals surface area contributed by atoms with Crippen molar-refractivity contribution in [2.45, 2.75) is 156 Å². The molecule has 6 atom stereocenters. The first-order chi connectivity index (χ1) is 27.6. The van der Waals surface area contributed by atoms with Gasteiger partial charge in [-0.05, 0) is 77.0 Å². The third kappa shape index (κ3) is 14.3. The number of aliphatic hydroxyl groups is 2. The van der Waals surface area contributed by atoms with Gasteiger partial charge in [-0.25, -0.2) is 4.79 Å². The minimum absolute atomic E-state index is 0. The smallest absolute Gasteiger partial charge is 0.481 e. The minimum Gasteiger partial charge on any atom is -0.481 e. The van der Waals surface area contributed by atoms with Crippen LogP contribution in [0.15, 0.2) is 100 Å². The Morgan fingerprint density at radius 3 is 1.80 bits per heavy atom. The maximum atomic E-state index is 13.4. The van der Waals surface area contributed by atoms with E-state index < -0.39 is 70.1 Å². The Morgan fingerprint density at radius 2 is 1.30 bits per heavy atom. The molecule has 13 heteroatoms. The molecule has 2 saturated carbocycles. The summed E-state index contributed by atoms with van der Waals surface area (Å²) in [7, 11) is 0. The average molecular weight is 856 g/mol.